The van der Waals surface area contributed by atoms with E-state index in [-0.39, 0.29) is 0 Å². The molecule has 2 nitrogen and oxygen atoms in total. The van der Waals surface area contributed by atoms with Crippen LogP contribution in [0.5, 0.6) is 0 Å². The Morgan fingerprint density at radius 3 is 2.75 bits per heavy atom. The molecule has 0 unspecified atom stereocenters. The van der Waals surface area contributed by atoms with Gasteiger partial charge in [-0.15, -0.1) is 0 Å². The first-order valence-corrected chi connectivity index (χ1v) is 4.12. The van der Waals surface area contributed by atoms with Crippen LogP contribution >= 0.6 is 0 Å². The highest BCUT2D eigenvalue weighted by atomic mass is 14.8. The number of hydrogen-bond acceptors (Lipinski definition) is 2. The van der Waals surface area contributed by atoms with E-state index >= 15 is 0 Å². The first-order chi connectivity index (χ1) is 5.70. The van der Waals surface area contributed by atoms with Crippen LogP contribution in [0.3, 0.4) is 0 Å². The van der Waals surface area contributed by atoms with Gasteiger partial charge in [0.2, 0.25) is 0 Å². The van der Waals surface area contributed by atoms with Crippen molar-refractivity contribution >= 4 is 0 Å². The molecular weight excluding hydrogens is 148 g/mol. The highest BCUT2D eigenvalue weighted by molar-refractivity contribution is 5.10. The minimum Gasteiger partial charge on any atom is -0.261 e. The number of hydrogen-bond donors (Lipinski definition) is 0. The predicted molar refractivity (Wildman–Crippen MR) is 49.7 cm³/mol. The molecule has 0 aliphatic rings. The van der Waals surface area contributed by atoms with Crippen LogP contribution in [0.4, 0.5) is 0 Å². The first kappa shape index (κ1) is 8.91. The van der Waals surface area contributed by atoms with Crippen molar-refractivity contribution < 1.29 is 0 Å². The summed E-state index contributed by atoms with van der Waals surface area (Å²) in [5.41, 5.74) is 2.20. The van der Waals surface area contributed by atoms with Crippen LogP contribution in [0.25, 0.3) is 0 Å². The van der Waals surface area contributed by atoms with Gasteiger partial charge in [0.25, 0.3) is 0 Å². The lowest BCUT2D eigenvalue weighted by atomic mass is 10.0. The lowest BCUT2D eigenvalue weighted by Crippen LogP contribution is -1.98. The largest absolute Gasteiger partial charge is 0.261 e. The van der Waals surface area contributed by atoms with Crippen LogP contribution in [-0.4, -0.2) is 9.97 Å². The van der Waals surface area contributed by atoms with Crippen LogP contribution in [-0.2, 0) is 6.42 Å². The lowest BCUT2D eigenvalue weighted by molar-refractivity contribution is 0.737. The fourth-order valence-electron chi connectivity index (χ4n) is 0.858. The molecule has 1 aromatic heterocycles. The standard InChI is InChI=1S/C10H14N2/c1-8(2)9(3)6-10-7-11-4-5-12-10/h4-5,7-8H,3,6H2,1-2H3. The second kappa shape index (κ2) is 4.00. The fourth-order valence-corrected chi connectivity index (χ4v) is 0.858. The molecule has 2 heteroatoms. The second-order valence-corrected chi connectivity index (χ2v) is 3.19. The summed E-state index contributed by atoms with van der Waals surface area (Å²) in [6.07, 6.45) is 6.02. The predicted octanol–water partition coefficient (Wildman–Crippen LogP) is 2.23. The third-order valence-corrected chi connectivity index (χ3v) is 1.84. The van der Waals surface area contributed by atoms with Crippen LogP contribution in [0.1, 0.15) is 19.5 Å². The van der Waals surface area contributed by atoms with Gasteiger partial charge in [-0.25, -0.2) is 0 Å². The van der Waals surface area contributed by atoms with Crippen molar-refractivity contribution in [3.63, 3.8) is 0 Å². The highest BCUT2D eigenvalue weighted by Crippen LogP contribution is 2.11. The van der Waals surface area contributed by atoms with Crippen molar-refractivity contribution in [2.75, 3.05) is 0 Å². The van der Waals surface area contributed by atoms with Crippen molar-refractivity contribution in [3.05, 3.63) is 36.4 Å². The average Bonchev–Trinajstić information content (AvgIpc) is 2.06. The van der Waals surface area contributed by atoms with E-state index in [1.165, 1.54) is 5.57 Å². The summed E-state index contributed by atoms with van der Waals surface area (Å²) >= 11 is 0. The Morgan fingerprint density at radius 2 is 2.25 bits per heavy atom. The molecule has 0 atom stereocenters. The molecule has 1 heterocycles. The minimum absolute atomic E-state index is 0.520. The molecule has 1 rings (SSSR count). The monoisotopic (exact) mass is 162 g/mol. The fraction of sp³-hybridized carbons (Fsp3) is 0.400. The van der Waals surface area contributed by atoms with Crippen LogP contribution in [0, 0.1) is 5.92 Å². The van der Waals surface area contributed by atoms with Gasteiger partial charge in [-0.1, -0.05) is 26.0 Å². The van der Waals surface area contributed by atoms with Gasteiger partial charge in [0.15, 0.2) is 0 Å². The van der Waals surface area contributed by atoms with E-state index in [0.29, 0.717) is 5.92 Å². The van der Waals surface area contributed by atoms with Gasteiger partial charge >= 0.3 is 0 Å². The third kappa shape index (κ3) is 2.46. The van der Waals surface area contributed by atoms with E-state index in [1.54, 1.807) is 18.6 Å². The van der Waals surface area contributed by atoms with Crippen LogP contribution in [0.15, 0.2) is 30.7 Å². The van der Waals surface area contributed by atoms with Crippen molar-refractivity contribution in [1.29, 1.82) is 0 Å². The van der Waals surface area contributed by atoms with Crippen LogP contribution in [0.2, 0.25) is 0 Å². The quantitative estimate of drug-likeness (QED) is 0.637. The highest BCUT2D eigenvalue weighted by Gasteiger charge is 2.01. The van der Waals surface area contributed by atoms with Gasteiger partial charge in [0.05, 0.1) is 5.69 Å². The maximum absolute atomic E-state index is 4.18. The maximum atomic E-state index is 4.18. The van der Waals surface area contributed by atoms with E-state index in [4.69, 9.17) is 0 Å². The maximum Gasteiger partial charge on any atom is 0.0627 e. The molecular formula is C10H14N2. The molecule has 12 heavy (non-hydrogen) atoms. The van der Waals surface area contributed by atoms with Gasteiger partial charge in [-0.2, -0.15) is 0 Å². The third-order valence-electron chi connectivity index (χ3n) is 1.84. The summed E-state index contributed by atoms with van der Waals surface area (Å²) < 4.78 is 0. The molecule has 0 aromatic carbocycles. The van der Waals surface area contributed by atoms with Crippen molar-refractivity contribution in [3.8, 4) is 0 Å². The Labute approximate surface area is 73.4 Å². The molecule has 1 aromatic rings. The Morgan fingerprint density at radius 1 is 1.50 bits per heavy atom. The molecule has 64 valence electrons. The molecule has 0 N–H and O–H groups in total. The number of nitrogens with zero attached hydrogens (tertiary/aromatic N) is 2. The zero-order valence-corrected chi connectivity index (χ0v) is 7.62. The lowest BCUT2D eigenvalue weighted by Gasteiger charge is -2.07. The Hall–Kier alpha value is -1.18. The average molecular weight is 162 g/mol. The van der Waals surface area contributed by atoms with Crippen molar-refractivity contribution in [2.24, 2.45) is 5.92 Å². The number of rotatable bonds is 3. The summed E-state index contributed by atoms with van der Waals surface area (Å²) in [5, 5.41) is 0. The van der Waals surface area contributed by atoms with E-state index in [1.807, 2.05) is 0 Å². The van der Waals surface area contributed by atoms with Gasteiger partial charge in [0.1, 0.15) is 0 Å². The Bertz CT molecular complexity index is 252. The first-order valence-electron chi connectivity index (χ1n) is 4.12. The molecule has 0 saturated carbocycles. The van der Waals surface area contributed by atoms with Gasteiger partial charge < -0.3 is 0 Å². The van der Waals surface area contributed by atoms with E-state index < -0.39 is 0 Å². The number of allylic oxidation sites excluding steroid dienone is 1. The Kier molecular flexibility index (Phi) is 2.97. The molecule has 0 bridgehead atoms. The molecule has 0 radical (unpaired) electrons. The van der Waals surface area contributed by atoms with E-state index in [9.17, 15) is 0 Å². The molecule has 0 amide bonds. The van der Waals surface area contributed by atoms with Crippen molar-refractivity contribution in [2.45, 2.75) is 20.3 Å². The zero-order valence-electron chi connectivity index (χ0n) is 7.62. The molecule has 0 saturated heterocycles. The van der Waals surface area contributed by atoms with E-state index in [0.717, 1.165) is 12.1 Å². The molecule has 0 aliphatic heterocycles. The molecule has 0 aliphatic carbocycles. The smallest absolute Gasteiger partial charge is 0.0627 e. The van der Waals surface area contributed by atoms with Gasteiger partial charge in [-0.3, -0.25) is 9.97 Å². The summed E-state index contributed by atoms with van der Waals surface area (Å²) in [4.78, 5) is 8.17. The van der Waals surface area contributed by atoms with E-state index in [2.05, 4.69) is 30.4 Å². The normalized spacial score (nSPS) is 10.2. The van der Waals surface area contributed by atoms with Gasteiger partial charge in [-0.05, 0) is 5.92 Å². The second-order valence-electron chi connectivity index (χ2n) is 3.19. The zero-order chi connectivity index (χ0) is 8.97. The molecule has 0 fully saturated rings. The summed E-state index contributed by atoms with van der Waals surface area (Å²) in [6.45, 7) is 8.26. The topological polar surface area (TPSA) is 25.8 Å². The summed E-state index contributed by atoms with van der Waals surface area (Å²) in [6, 6.07) is 0. The minimum atomic E-state index is 0.520. The van der Waals surface area contributed by atoms with Gasteiger partial charge in [0, 0.05) is 25.0 Å². The Balaban J connectivity index is 2.59. The molecule has 0 spiro atoms. The SMILES string of the molecule is C=C(Cc1cnccn1)C(C)C. The van der Waals surface area contributed by atoms with Crippen LogP contribution < -0.4 is 0 Å². The summed E-state index contributed by atoms with van der Waals surface area (Å²) in [7, 11) is 0. The number of aromatic nitrogens is 2. The summed E-state index contributed by atoms with van der Waals surface area (Å²) in [5.74, 6) is 0.520. The van der Waals surface area contributed by atoms with Crippen molar-refractivity contribution in [1.82, 2.24) is 9.97 Å².